The Bertz CT molecular complexity index is 1530. The smallest absolute Gasteiger partial charge is 0.338 e. The second-order valence-electron chi connectivity index (χ2n) is 11.7. The Kier molecular flexibility index (Phi) is 15.0. The van der Waals surface area contributed by atoms with Gasteiger partial charge in [0.1, 0.15) is 24.4 Å². The minimum atomic E-state index is -0.262. The van der Waals surface area contributed by atoms with Crippen molar-refractivity contribution in [2.75, 3.05) is 37.7 Å². The first-order chi connectivity index (χ1) is 21.6. The molecule has 0 saturated carbocycles. The number of anilines is 1. The fraction of sp³-hybridized carbons (Fsp3) is 0.487. The van der Waals surface area contributed by atoms with Gasteiger partial charge in [-0.3, -0.25) is 0 Å². The Balaban J connectivity index is 0.00000552. The van der Waals surface area contributed by atoms with E-state index < -0.39 is 0 Å². The maximum absolute atomic E-state index is 13.5. The molecule has 2 aromatic carbocycles. The number of rotatable bonds is 17. The van der Waals surface area contributed by atoms with E-state index in [1.807, 2.05) is 24.3 Å². The second kappa shape index (κ2) is 18.6. The summed E-state index contributed by atoms with van der Waals surface area (Å²) in [5.41, 5.74) is 5.41. The number of carbonyl (C=O) groups excluding carboxylic acids is 1. The normalized spacial score (nSPS) is 11.0. The third-order valence-electron chi connectivity index (χ3n) is 8.84. The zero-order chi connectivity index (χ0) is 31.3. The summed E-state index contributed by atoms with van der Waals surface area (Å²) >= 11 is 0. The standard InChI is InChI=1S/C39H53N2O3.ClH/c1-6-11-12-13-14-15-16-17-20-27-43-39(42)33-22-19-18-21-32(33)38-34-25-23-30(40(7-2)8-3)28-36(34)44-37-29-31(24-26-35(37)38)41(9-4)10-5;/h18-19,21-26,28-29H,6-17,20,27H2,1-5H3;1H/q+1;/p-1. The largest absolute Gasteiger partial charge is 1.00 e. The number of hydrogen-bond acceptors (Lipinski definition) is 4. The first-order valence-corrected chi connectivity index (χ1v) is 17.2. The number of halogens is 1. The van der Waals surface area contributed by atoms with Crippen LogP contribution in [0, 0.1) is 0 Å². The predicted molar refractivity (Wildman–Crippen MR) is 186 cm³/mol. The van der Waals surface area contributed by atoms with E-state index in [0.29, 0.717) is 12.2 Å². The van der Waals surface area contributed by atoms with Gasteiger partial charge in [-0.2, -0.15) is 0 Å². The molecule has 2 aromatic rings. The molecule has 1 aliphatic heterocycles. The number of esters is 1. The Labute approximate surface area is 277 Å². The molecule has 6 heteroatoms. The molecule has 0 bridgehead atoms. The van der Waals surface area contributed by atoms with Crippen molar-refractivity contribution in [2.24, 2.45) is 0 Å². The van der Waals surface area contributed by atoms with E-state index >= 15 is 0 Å². The van der Waals surface area contributed by atoms with Gasteiger partial charge in [-0.1, -0.05) is 76.5 Å². The van der Waals surface area contributed by atoms with Crippen LogP contribution in [0.2, 0.25) is 0 Å². The molecule has 1 heterocycles. The number of nitrogens with zero attached hydrogens (tertiary/aromatic N) is 2. The molecule has 0 unspecified atom stereocenters. The number of carbonyl (C=O) groups is 1. The van der Waals surface area contributed by atoms with Crippen molar-refractivity contribution in [2.45, 2.75) is 92.4 Å². The van der Waals surface area contributed by atoms with E-state index in [9.17, 15) is 4.79 Å². The molecule has 1 aliphatic carbocycles. The van der Waals surface area contributed by atoms with Crippen LogP contribution in [0.5, 0.6) is 0 Å². The van der Waals surface area contributed by atoms with Crippen LogP contribution in [-0.2, 0) is 4.74 Å². The molecule has 0 radical (unpaired) electrons. The first kappa shape index (κ1) is 36.2. The van der Waals surface area contributed by atoms with Gasteiger partial charge >= 0.3 is 5.97 Å². The maximum Gasteiger partial charge on any atom is 0.338 e. The van der Waals surface area contributed by atoms with Gasteiger partial charge < -0.3 is 26.5 Å². The van der Waals surface area contributed by atoms with Crippen LogP contribution in [0.25, 0.3) is 33.4 Å². The molecule has 0 saturated heterocycles. The molecule has 5 nitrogen and oxygen atoms in total. The van der Waals surface area contributed by atoms with Crippen molar-refractivity contribution in [3.8, 4) is 22.5 Å². The molecule has 2 aliphatic rings. The van der Waals surface area contributed by atoms with Crippen LogP contribution in [-0.4, -0.2) is 38.8 Å². The minimum Gasteiger partial charge on any atom is -1.00 e. The lowest BCUT2D eigenvalue weighted by Crippen LogP contribution is -3.00. The second-order valence-corrected chi connectivity index (χ2v) is 11.7. The SMILES string of the molecule is CCCCCCCCCCCOC(=O)c1ccccc1-c1c2ccc(=[N+](CC)CC)cc-2oc2cc(N(CC)CC)ccc12.[Cl-]. The maximum atomic E-state index is 13.5. The average Bonchev–Trinajstić information content (AvgIpc) is 3.05. The van der Waals surface area contributed by atoms with Crippen LogP contribution >= 0.6 is 0 Å². The van der Waals surface area contributed by atoms with Gasteiger partial charge in [0, 0.05) is 47.4 Å². The van der Waals surface area contributed by atoms with E-state index in [-0.39, 0.29) is 18.4 Å². The van der Waals surface area contributed by atoms with Crippen molar-refractivity contribution in [3.63, 3.8) is 0 Å². The van der Waals surface area contributed by atoms with E-state index in [4.69, 9.17) is 9.15 Å². The van der Waals surface area contributed by atoms with E-state index in [1.54, 1.807) is 0 Å². The number of benzene rings is 3. The van der Waals surface area contributed by atoms with E-state index in [1.165, 1.54) is 44.9 Å². The van der Waals surface area contributed by atoms with Gasteiger partial charge in [-0.05, 0) is 63.9 Å². The summed E-state index contributed by atoms with van der Waals surface area (Å²) in [6, 6.07) is 20.7. The molecule has 0 atom stereocenters. The van der Waals surface area contributed by atoms with Crippen LogP contribution in [0.3, 0.4) is 0 Å². The summed E-state index contributed by atoms with van der Waals surface area (Å²) in [5.74, 6) is 0.549. The van der Waals surface area contributed by atoms with Gasteiger partial charge in [0.05, 0.1) is 18.2 Å². The lowest BCUT2D eigenvalue weighted by atomic mass is 9.90. The summed E-state index contributed by atoms with van der Waals surface area (Å²) < 4.78 is 14.8. The summed E-state index contributed by atoms with van der Waals surface area (Å²) in [6.45, 7) is 15.1. The predicted octanol–water partition coefficient (Wildman–Crippen LogP) is 6.55. The minimum absolute atomic E-state index is 0. The monoisotopic (exact) mass is 632 g/mol. The van der Waals surface area contributed by atoms with Gasteiger partial charge in [-0.25, -0.2) is 9.37 Å². The molecule has 0 aromatic heterocycles. The molecule has 0 spiro atoms. The number of hydrogen-bond donors (Lipinski definition) is 0. The molecule has 0 N–H and O–H groups in total. The molecular formula is C39H53ClN2O3. The Morgan fingerprint density at radius 1 is 0.756 bits per heavy atom. The third kappa shape index (κ3) is 9.13. The fourth-order valence-electron chi connectivity index (χ4n) is 6.26. The van der Waals surface area contributed by atoms with Crippen molar-refractivity contribution in [1.82, 2.24) is 4.58 Å². The summed E-state index contributed by atoms with van der Waals surface area (Å²) in [4.78, 5) is 15.9. The number of ether oxygens (including phenoxy) is 1. The summed E-state index contributed by atoms with van der Waals surface area (Å²) in [6.07, 6.45) is 11.1. The lowest BCUT2D eigenvalue weighted by molar-refractivity contribution is -0.0000279. The zero-order valence-electron chi connectivity index (χ0n) is 28.2. The highest BCUT2D eigenvalue weighted by Gasteiger charge is 2.23. The van der Waals surface area contributed by atoms with E-state index in [2.05, 4.69) is 80.5 Å². The number of fused-ring (bicyclic) bond motifs is 2. The van der Waals surface area contributed by atoms with Gasteiger partial charge in [0.25, 0.3) is 0 Å². The highest BCUT2D eigenvalue weighted by molar-refractivity contribution is 6.08. The lowest BCUT2D eigenvalue weighted by Gasteiger charge is -2.22. The highest BCUT2D eigenvalue weighted by atomic mass is 35.5. The van der Waals surface area contributed by atoms with Crippen molar-refractivity contribution in [3.05, 3.63) is 71.6 Å². The van der Waals surface area contributed by atoms with Crippen molar-refractivity contribution in [1.29, 1.82) is 0 Å². The molecule has 244 valence electrons. The Morgan fingerprint density at radius 2 is 1.42 bits per heavy atom. The first-order valence-electron chi connectivity index (χ1n) is 17.2. The van der Waals surface area contributed by atoms with Gasteiger partial charge in [0.2, 0.25) is 5.36 Å². The molecule has 0 fully saturated rings. The highest BCUT2D eigenvalue weighted by Crippen LogP contribution is 2.42. The zero-order valence-corrected chi connectivity index (χ0v) is 28.9. The Hall–Kier alpha value is -3.31. The average molecular weight is 633 g/mol. The fourth-order valence-corrected chi connectivity index (χ4v) is 6.26. The molecule has 0 amide bonds. The quantitative estimate of drug-likeness (QED) is 0.0573. The van der Waals surface area contributed by atoms with Crippen LogP contribution in [0.15, 0.2) is 65.1 Å². The van der Waals surface area contributed by atoms with Crippen LogP contribution in [0.1, 0.15) is 103 Å². The van der Waals surface area contributed by atoms with E-state index in [0.717, 1.165) is 83.5 Å². The number of unbranched alkanes of at least 4 members (excludes halogenated alkanes) is 8. The Morgan fingerprint density at radius 3 is 2.09 bits per heavy atom. The van der Waals surface area contributed by atoms with Gasteiger partial charge in [0.15, 0.2) is 0 Å². The third-order valence-corrected chi connectivity index (χ3v) is 8.84. The summed E-state index contributed by atoms with van der Waals surface area (Å²) in [7, 11) is 0. The van der Waals surface area contributed by atoms with Gasteiger partial charge in [-0.15, -0.1) is 0 Å². The van der Waals surface area contributed by atoms with Crippen LogP contribution in [0.4, 0.5) is 5.69 Å². The van der Waals surface area contributed by atoms with Crippen molar-refractivity contribution >= 4 is 22.6 Å². The molecular weight excluding hydrogens is 580 g/mol. The topological polar surface area (TPSA) is 45.7 Å². The molecule has 45 heavy (non-hydrogen) atoms. The summed E-state index contributed by atoms with van der Waals surface area (Å²) in [5, 5.41) is 2.12. The van der Waals surface area contributed by atoms with Crippen molar-refractivity contribution < 1.29 is 26.4 Å². The van der Waals surface area contributed by atoms with Crippen LogP contribution < -0.4 is 27.2 Å². The molecule has 4 rings (SSSR count).